The van der Waals surface area contributed by atoms with Gasteiger partial charge in [-0.2, -0.15) is 0 Å². The van der Waals surface area contributed by atoms with Crippen molar-refractivity contribution in [1.82, 2.24) is 14.9 Å². The monoisotopic (exact) mass is 588 g/mol. The number of rotatable bonds is 9. The van der Waals surface area contributed by atoms with Crippen LogP contribution in [0.3, 0.4) is 0 Å². The van der Waals surface area contributed by atoms with Crippen LogP contribution in [-0.4, -0.2) is 45.6 Å². The van der Waals surface area contributed by atoms with Crippen molar-refractivity contribution in [1.29, 1.82) is 0 Å². The number of ether oxygens (including phenoxy) is 2. The molecule has 1 fully saturated rings. The first-order valence-electron chi connectivity index (χ1n) is 14.8. The molecular weight excluding hydrogens is 552 g/mol. The number of aliphatic hydroxyl groups excluding tert-OH is 1. The summed E-state index contributed by atoms with van der Waals surface area (Å²) in [4.78, 5) is 24.2. The summed E-state index contributed by atoms with van der Waals surface area (Å²) in [6.07, 6.45) is 0.472. The number of nitrogens with one attached hydrogen (secondary N) is 1. The number of benzene rings is 4. The zero-order valence-corrected chi connectivity index (χ0v) is 24.8. The van der Waals surface area contributed by atoms with Crippen LogP contribution in [0.1, 0.15) is 52.1 Å². The minimum atomic E-state index is -0.652. The molecule has 0 saturated carbocycles. The van der Waals surface area contributed by atoms with Gasteiger partial charge in [-0.25, -0.2) is 4.98 Å². The maximum atomic E-state index is 13.1. The van der Waals surface area contributed by atoms with E-state index < -0.39 is 6.29 Å². The van der Waals surface area contributed by atoms with Gasteiger partial charge in [-0.3, -0.25) is 14.7 Å². The minimum absolute atomic E-state index is 0.0106. The summed E-state index contributed by atoms with van der Waals surface area (Å²) in [6, 6.07) is 33.3. The van der Waals surface area contributed by atoms with E-state index in [1.54, 1.807) is 0 Å². The molecule has 0 bridgehead atoms. The first-order valence-corrected chi connectivity index (χ1v) is 14.8. The molecule has 8 heteroatoms. The number of nitrogens with zero attached hydrogens (tertiary/aromatic N) is 3. The molecule has 0 radical (unpaired) electrons. The van der Waals surface area contributed by atoms with Crippen LogP contribution >= 0.6 is 0 Å². The van der Waals surface area contributed by atoms with E-state index in [2.05, 4.69) is 58.4 Å². The number of amides is 1. The average molecular weight is 589 g/mol. The lowest BCUT2D eigenvalue weighted by atomic mass is 9.90. The average Bonchev–Trinajstić information content (AvgIpc) is 3.06. The highest BCUT2D eigenvalue weighted by Crippen LogP contribution is 2.42. The summed E-state index contributed by atoms with van der Waals surface area (Å²) in [7, 11) is 2.10. The number of anilines is 1. The van der Waals surface area contributed by atoms with E-state index in [1.807, 2.05) is 78.9 Å². The molecule has 1 saturated heterocycles. The SMILES string of the molecule is CC1C(CN(C)Cc2ccccc2)OC(c2cccc(NC(=O)c3cnc4ccccc4n3)c2)OC1c1ccc(CO)cc1. The number of aliphatic hydroxyl groups is 1. The number of aromatic nitrogens is 2. The maximum absolute atomic E-state index is 13.1. The first-order chi connectivity index (χ1) is 21.5. The lowest BCUT2D eigenvalue weighted by Crippen LogP contribution is -2.43. The molecular formula is C36H36N4O4. The molecule has 0 spiro atoms. The Labute approximate surface area is 257 Å². The zero-order valence-electron chi connectivity index (χ0n) is 24.8. The summed E-state index contributed by atoms with van der Waals surface area (Å²) in [6.45, 7) is 3.65. The third kappa shape index (κ3) is 6.85. The Kier molecular flexibility index (Phi) is 9.04. The van der Waals surface area contributed by atoms with Crippen LogP contribution in [0.15, 0.2) is 109 Å². The van der Waals surface area contributed by atoms with Gasteiger partial charge in [0.05, 0.1) is 36.0 Å². The van der Waals surface area contributed by atoms with Gasteiger partial charge in [-0.05, 0) is 48.0 Å². The maximum Gasteiger partial charge on any atom is 0.275 e. The van der Waals surface area contributed by atoms with Crippen molar-refractivity contribution in [3.05, 3.63) is 137 Å². The van der Waals surface area contributed by atoms with Crippen LogP contribution in [0.4, 0.5) is 5.69 Å². The van der Waals surface area contributed by atoms with Crippen LogP contribution in [0, 0.1) is 5.92 Å². The van der Waals surface area contributed by atoms with Crippen LogP contribution in [0.2, 0.25) is 0 Å². The molecule has 4 aromatic carbocycles. The predicted octanol–water partition coefficient (Wildman–Crippen LogP) is 6.30. The fourth-order valence-electron chi connectivity index (χ4n) is 5.62. The quantitative estimate of drug-likeness (QED) is 0.209. The highest BCUT2D eigenvalue weighted by Gasteiger charge is 2.39. The van der Waals surface area contributed by atoms with Gasteiger partial charge in [-0.1, -0.05) is 85.8 Å². The summed E-state index contributed by atoms with van der Waals surface area (Å²) in [5.74, 6) is -0.291. The highest BCUT2D eigenvalue weighted by atomic mass is 16.7. The third-order valence-corrected chi connectivity index (χ3v) is 8.01. The number of hydrogen-bond donors (Lipinski definition) is 2. The van der Waals surface area contributed by atoms with Crippen molar-refractivity contribution in [3.8, 4) is 0 Å². The van der Waals surface area contributed by atoms with Crippen molar-refractivity contribution in [2.45, 2.75) is 38.6 Å². The molecule has 4 unspecified atom stereocenters. The van der Waals surface area contributed by atoms with Crippen molar-refractivity contribution in [2.24, 2.45) is 5.92 Å². The lowest BCUT2D eigenvalue weighted by molar-refractivity contribution is -0.276. The van der Waals surface area contributed by atoms with Crippen LogP contribution in [0.25, 0.3) is 11.0 Å². The summed E-state index contributed by atoms with van der Waals surface area (Å²) < 4.78 is 13.3. The number of para-hydroxylation sites is 2. The minimum Gasteiger partial charge on any atom is -0.392 e. The Morgan fingerprint density at radius 3 is 2.39 bits per heavy atom. The molecule has 0 aliphatic carbocycles. The normalized spacial score (nSPS) is 20.1. The predicted molar refractivity (Wildman–Crippen MR) is 170 cm³/mol. The van der Waals surface area contributed by atoms with E-state index >= 15 is 0 Å². The van der Waals surface area contributed by atoms with Gasteiger partial charge in [-0.15, -0.1) is 0 Å². The van der Waals surface area contributed by atoms with E-state index in [-0.39, 0.29) is 36.3 Å². The van der Waals surface area contributed by atoms with Crippen molar-refractivity contribution >= 4 is 22.6 Å². The first kappa shape index (κ1) is 29.6. The molecule has 2 N–H and O–H groups in total. The molecule has 224 valence electrons. The largest absolute Gasteiger partial charge is 0.392 e. The second kappa shape index (κ2) is 13.4. The standard InChI is InChI=1S/C36H36N4O4/c1-24-33(22-40(2)21-25-9-4-3-5-10-25)43-36(44-34(24)27-17-15-26(23-41)16-18-27)28-11-8-12-29(19-28)38-35(42)32-20-37-30-13-6-7-14-31(30)39-32/h3-20,24,33-34,36,41H,21-23H2,1-2H3,(H,38,42). The Balaban J connectivity index is 1.23. The molecule has 5 aromatic rings. The number of fused-ring (bicyclic) bond motifs is 1. The zero-order chi connectivity index (χ0) is 30.5. The van der Waals surface area contributed by atoms with Gasteiger partial charge in [0.15, 0.2) is 6.29 Å². The molecule has 2 heterocycles. The van der Waals surface area contributed by atoms with Crippen LogP contribution < -0.4 is 5.32 Å². The molecule has 1 amide bonds. The van der Waals surface area contributed by atoms with E-state index in [1.165, 1.54) is 11.8 Å². The fourth-order valence-corrected chi connectivity index (χ4v) is 5.62. The second-order valence-corrected chi connectivity index (χ2v) is 11.3. The van der Waals surface area contributed by atoms with Crippen LogP contribution in [-0.2, 0) is 22.6 Å². The fraction of sp³-hybridized carbons (Fsp3) is 0.250. The van der Waals surface area contributed by atoms with Gasteiger partial charge in [0.1, 0.15) is 5.69 Å². The molecule has 1 aromatic heterocycles. The summed E-state index contributed by atoms with van der Waals surface area (Å²) in [5, 5.41) is 12.5. The van der Waals surface area contributed by atoms with Crippen molar-refractivity contribution in [3.63, 3.8) is 0 Å². The second-order valence-electron chi connectivity index (χ2n) is 11.3. The van der Waals surface area contributed by atoms with E-state index in [0.29, 0.717) is 17.7 Å². The molecule has 6 rings (SSSR count). The number of carbonyl (C=O) groups is 1. The number of carbonyl (C=O) groups excluding carboxylic acids is 1. The smallest absolute Gasteiger partial charge is 0.275 e. The Bertz CT molecular complexity index is 1710. The van der Waals surface area contributed by atoms with Gasteiger partial charge >= 0.3 is 0 Å². The molecule has 1 aliphatic heterocycles. The molecule has 44 heavy (non-hydrogen) atoms. The number of hydrogen-bond acceptors (Lipinski definition) is 7. The molecule has 1 aliphatic rings. The molecule has 4 atom stereocenters. The Morgan fingerprint density at radius 1 is 0.864 bits per heavy atom. The lowest BCUT2D eigenvalue weighted by Gasteiger charge is -2.42. The molecule has 8 nitrogen and oxygen atoms in total. The van der Waals surface area contributed by atoms with Crippen molar-refractivity contribution < 1.29 is 19.4 Å². The highest BCUT2D eigenvalue weighted by molar-refractivity contribution is 6.03. The third-order valence-electron chi connectivity index (χ3n) is 8.01. The Morgan fingerprint density at radius 2 is 1.61 bits per heavy atom. The van der Waals surface area contributed by atoms with Crippen molar-refractivity contribution in [2.75, 3.05) is 18.9 Å². The van der Waals surface area contributed by atoms with E-state index in [0.717, 1.165) is 28.8 Å². The van der Waals surface area contributed by atoms with Gasteiger partial charge in [0.2, 0.25) is 0 Å². The topological polar surface area (TPSA) is 96.8 Å². The van der Waals surface area contributed by atoms with E-state index in [9.17, 15) is 9.90 Å². The van der Waals surface area contributed by atoms with E-state index in [4.69, 9.17) is 9.47 Å². The summed E-state index contributed by atoms with van der Waals surface area (Å²) in [5.41, 5.74) is 6.15. The Hall–Kier alpha value is -4.47. The summed E-state index contributed by atoms with van der Waals surface area (Å²) >= 11 is 0. The van der Waals surface area contributed by atoms with Gasteiger partial charge < -0.3 is 19.9 Å². The number of likely N-dealkylation sites (N-methyl/N-ethyl adjacent to an activating group) is 1. The van der Waals surface area contributed by atoms with Gasteiger partial charge in [0, 0.05) is 30.3 Å². The van der Waals surface area contributed by atoms with Gasteiger partial charge in [0.25, 0.3) is 5.91 Å². The van der Waals surface area contributed by atoms with Crippen LogP contribution in [0.5, 0.6) is 0 Å².